The molecule has 0 aromatic rings. The number of carbonyl (C=O) groups is 1. The Kier molecular flexibility index (Phi) is 4.90. The molecule has 4 aliphatic rings. The molecule has 8 heteroatoms. The van der Waals surface area contributed by atoms with Crippen LogP contribution in [0.3, 0.4) is 0 Å². The zero-order chi connectivity index (χ0) is 18.3. The number of nitroso groups, excluding NO2 is 1. The molecule has 7 nitrogen and oxygen atoms in total. The molecule has 138 valence electrons. The van der Waals surface area contributed by atoms with Crippen LogP contribution in [0.25, 0.3) is 0 Å². The molecule has 4 heterocycles. The number of fused-ring (bicyclic) bond motifs is 1. The first-order chi connectivity index (χ1) is 12.5. The molecule has 1 saturated heterocycles. The number of carbonyl (C=O) groups excluding carboxylic acids is 1. The van der Waals surface area contributed by atoms with E-state index in [1.165, 1.54) is 0 Å². The molecule has 0 bridgehead atoms. The van der Waals surface area contributed by atoms with Gasteiger partial charge >= 0.3 is 5.82 Å². The van der Waals surface area contributed by atoms with Crippen LogP contribution in [0.4, 0.5) is 0 Å². The number of hydrogen-bond acceptors (Lipinski definition) is 7. The molecule has 0 aromatic carbocycles. The van der Waals surface area contributed by atoms with Gasteiger partial charge in [0.05, 0.1) is 12.5 Å². The molecular formula is C18H24N5O2S+. The van der Waals surface area contributed by atoms with Crippen molar-refractivity contribution in [1.82, 2.24) is 9.80 Å². The lowest BCUT2D eigenvalue weighted by molar-refractivity contribution is -0.524. The predicted molar refractivity (Wildman–Crippen MR) is 104 cm³/mol. The molecule has 0 N–H and O–H groups in total. The number of rotatable bonds is 3. The van der Waals surface area contributed by atoms with E-state index in [-0.39, 0.29) is 17.7 Å². The Bertz CT molecular complexity index is 749. The highest BCUT2D eigenvalue weighted by Crippen LogP contribution is 2.35. The van der Waals surface area contributed by atoms with Gasteiger partial charge in [-0.1, -0.05) is 11.8 Å². The van der Waals surface area contributed by atoms with Crippen LogP contribution in [-0.2, 0) is 4.79 Å². The van der Waals surface area contributed by atoms with Crippen molar-refractivity contribution in [3.8, 4) is 0 Å². The van der Waals surface area contributed by atoms with E-state index in [9.17, 15) is 9.70 Å². The van der Waals surface area contributed by atoms with Gasteiger partial charge in [0.2, 0.25) is 0 Å². The number of Topliss-reactive ketones (excluding diaryl/α,β-unsaturated/α-hetero) is 1. The molecule has 0 aliphatic carbocycles. The first-order valence-corrected chi connectivity index (χ1v) is 10.1. The molecule has 0 spiro atoms. The minimum Gasteiger partial charge on any atom is -0.304 e. The summed E-state index contributed by atoms with van der Waals surface area (Å²) >= 11 is 1.62. The Morgan fingerprint density at radius 3 is 2.85 bits per heavy atom. The number of thioether (sulfide) groups is 1. The lowest BCUT2D eigenvalue weighted by Gasteiger charge is -2.33. The number of hydrogen-bond donors (Lipinski definition) is 0. The zero-order valence-corrected chi connectivity index (χ0v) is 16.0. The van der Waals surface area contributed by atoms with Crippen molar-refractivity contribution < 1.29 is 9.55 Å². The van der Waals surface area contributed by atoms with Gasteiger partial charge in [-0.15, -0.1) is 11.8 Å². The van der Waals surface area contributed by atoms with Gasteiger partial charge < -0.3 is 4.90 Å². The molecule has 4 aliphatic heterocycles. The number of aliphatic imine (C=N–C) groups is 2. The fourth-order valence-corrected chi connectivity index (χ4v) is 4.84. The van der Waals surface area contributed by atoms with Crippen molar-refractivity contribution in [2.45, 2.75) is 13.0 Å². The molecule has 0 aromatic heterocycles. The van der Waals surface area contributed by atoms with Crippen molar-refractivity contribution in [3.05, 3.63) is 27.4 Å². The smallest absolute Gasteiger partial charge is 0.304 e. The van der Waals surface area contributed by atoms with Crippen LogP contribution in [0.2, 0.25) is 0 Å². The summed E-state index contributed by atoms with van der Waals surface area (Å²) in [6.45, 7) is 6.12. The Hall–Kier alpha value is -1.64. The van der Waals surface area contributed by atoms with Gasteiger partial charge in [0, 0.05) is 49.6 Å². The number of allylic oxidation sites excluding steroid dienone is 1. The van der Waals surface area contributed by atoms with Crippen molar-refractivity contribution >= 4 is 30.0 Å². The molecular weight excluding hydrogens is 350 g/mol. The zero-order valence-electron chi connectivity index (χ0n) is 15.2. The van der Waals surface area contributed by atoms with Crippen LogP contribution in [0.15, 0.2) is 32.5 Å². The van der Waals surface area contributed by atoms with E-state index in [2.05, 4.69) is 26.8 Å². The van der Waals surface area contributed by atoms with Crippen LogP contribution < -0.4 is 0 Å². The van der Waals surface area contributed by atoms with Gasteiger partial charge in [-0.05, 0) is 22.2 Å². The average Bonchev–Trinajstić information content (AvgIpc) is 3.05. The molecule has 26 heavy (non-hydrogen) atoms. The largest absolute Gasteiger partial charge is 0.383 e. The van der Waals surface area contributed by atoms with E-state index >= 15 is 0 Å². The SMILES string of the molecule is CC1C=NC2=C(N=CC3=CSCC3[N+]2=O)C1C(=O)CN1CCN(C)CC1. The number of likely N-dealkylation sites (N-methyl/N-ethyl adjacent to an activating group) is 1. The van der Waals surface area contributed by atoms with Crippen LogP contribution >= 0.6 is 11.8 Å². The summed E-state index contributed by atoms with van der Waals surface area (Å²) in [5.74, 6) is 0.684. The quantitative estimate of drug-likeness (QED) is 0.694. The molecule has 0 radical (unpaired) electrons. The van der Waals surface area contributed by atoms with Gasteiger partial charge in [-0.3, -0.25) is 14.7 Å². The van der Waals surface area contributed by atoms with Gasteiger partial charge in [0.15, 0.2) is 11.8 Å². The molecule has 0 saturated carbocycles. The van der Waals surface area contributed by atoms with Crippen LogP contribution in [0, 0.1) is 16.7 Å². The summed E-state index contributed by atoms with van der Waals surface area (Å²) < 4.78 is 0.951. The summed E-state index contributed by atoms with van der Waals surface area (Å²) in [6, 6.07) is -0.254. The van der Waals surface area contributed by atoms with Gasteiger partial charge in [-0.25, -0.2) is 0 Å². The number of nitrogens with zero attached hydrogens (tertiary/aromatic N) is 5. The predicted octanol–water partition coefficient (Wildman–Crippen LogP) is 1.17. The number of piperazine rings is 1. The third-order valence-electron chi connectivity index (χ3n) is 5.51. The van der Waals surface area contributed by atoms with Crippen LogP contribution in [0.1, 0.15) is 6.92 Å². The second-order valence-corrected chi connectivity index (χ2v) is 8.32. The maximum Gasteiger partial charge on any atom is 0.383 e. The van der Waals surface area contributed by atoms with Crippen LogP contribution in [0.5, 0.6) is 0 Å². The Morgan fingerprint density at radius 2 is 2.08 bits per heavy atom. The molecule has 1 fully saturated rings. The summed E-state index contributed by atoms with van der Waals surface area (Å²) in [5.41, 5.74) is 1.45. The third-order valence-corrected chi connectivity index (χ3v) is 6.45. The van der Waals surface area contributed by atoms with E-state index in [0.29, 0.717) is 23.8 Å². The maximum absolute atomic E-state index is 13.1. The fraction of sp³-hybridized carbons (Fsp3) is 0.611. The summed E-state index contributed by atoms with van der Waals surface area (Å²) in [5, 5.41) is 1.98. The minimum absolute atomic E-state index is 0.0550. The van der Waals surface area contributed by atoms with E-state index in [1.807, 2.05) is 12.3 Å². The minimum atomic E-state index is -0.401. The lowest BCUT2D eigenvalue weighted by Crippen LogP contribution is -2.47. The first-order valence-electron chi connectivity index (χ1n) is 9.08. The highest BCUT2D eigenvalue weighted by molar-refractivity contribution is 8.02. The van der Waals surface area contributed by atoms with E-state index in [0.717, 1.165) is 36.5 Å². The van der Waals surface area contributed by atoms with Crippen molar-refractivity contribution in [2.75, 3.05) is 45.5 Å². The standard InChI is InChI=1S/C18H24N5O2S/c1-12-7-20-18-17(19-8-13-10-26-11-14(13)23(18)25)16(12)15(24)9-22-5-3-21(2)4-6-22/h7-8,10,12,14,16H,3-6,9,11H2,1-2H3/q+1. The van der Waals surface area contributed by atoms with E-state index in [4.69, 9.17) is 0 Å². The van der Waals surface area contributed by atoms with Gasteiger partial charge in [0.1, 0.15) is 11.9 Å². The molecule has 0 amide bonds. The van der Waals surface area contributed by atoms with Crippen molar-refractivity contribution in [1.29, 1.82) is 0 Å². The first kappa shape index (κ1) is 17.8. The monoisotopic (exact) mass is 374 g/mol. The van der Waals surface area contributed by atoms with Crippen LogP contribution in [-0.4, -0.2) is 84.3 Å². The molecule has 4 rings (SSSR count). The highest BCUT2D eigenvalue weighted by Gasteiger charge is 2.44. The van der Waals surface area contributed by atoms with E-state index in [1.54, 1.807) is 24.2 Å². The third kappa shape index (κ3) is 3.21. The summed E-state index contributed by atoms with van der Waals surface area (Å²) in [7, 11) is 2.10. The summed E-state index contributed by atoms with van der Waals surface area (Å²) in [6.07, 6.45) is 3.49. The Labute approximate surface area is 157 Å². The average molecular weight is 374 g/mol. The normalized spacial score (nSPS) is 32.3. The topological polar surface area (TPSA) is 68.3 Å². The second kappa shape index (κ2) is 7.17. The van der Waals surface area contributed by atoms with Crippen molar-refractivity contribution in [3.63, 3.8) is 0 Å². The summed E-state index contributed by atoms with van der Waals surface area (Å²) in [4.78, 5) is 39.4. The maximum atomic E-state index is 13.1. The highest BCUT2D eigenvalue weighted by atomic mass is 32.2. The van der Waals surface area contributed by atoms with E-state index < -0.39 is 5.92 Å². The van der Waals surface area contributed by atoms with Gasteiger partial charge in [0.25, 0.3) is 0 Å². The van der Waals surface area contributed by atoms with Gasteiger partial charge in [-0.2, -0.15) is 0 Å². The number of ketones is 1. The molecule has 3 unspecified atom stereocenters. The molecule has 3 atom stereocenters. The second-order valence-electron chi connectivity index (χ2n) is 7.42. The Morgan fingerprint density at radius 1 is 1.31 bits per heavy atom. The lowest BCUT2D eigenvalue weighted by atomic mass is 9.85. The van der Waals surface area contributed by atoms with Crippen molar-refractivity contribution in [2.24, 2.45) is 21.8 Å². The Balaban J connectivity index is 1.58. The fourth-order valence-electron chi connectivity index (χ4n) is 3.83.